The maximum absolute atomic E-state index is 13.0. The van der Waals surface area contributed by atoms with E-state index >= 15 is 0 Å². The Balaban J connectivity index is 2.09. The Labute approximate surface area is 207 Å². The molecular formula is C23H32N4O7S. The van der Waals surface area contributed by atoms with Crippen LogP contribution in [0, 0.1) is 0 Å². The third kappa shape index (κ3) is 8.55. The molecule has 0 radical (unpaired) electrons. The average Bonchev–Trinajstić information content (AvgIpc) is 3.30. The summed E-state index contributed by atoms with van der Waals surface area (Å²) in [5.41, 5.74) is 6.43. The molecule has 1 heterocycles. The van der Waals surface area contributed by atoms with Crippen molar-refractivity contribution in [3.8, 4) is 0 Å². The van der Waals surface area contributed by atoms with Crippen LogP contribution in [0.5, 0.6) is 0 Å². The number of likely N-dealkylation sites (tertiary alicyclic amines) is 1. The molecule has 1 saturated heterocycles. The van der Waals surface area contributed by atoms with Gasteiger partial charge in [-0.1, -0.05) is 30.3 Å². The zero-order valence-corrected chi connectivity index (χ0v) is 20.3. The van der Waals surface area contributed by atoms with Crippen molar-refractivity contribution in [2.45, 2.75) is 56.3 Å². The fraction of sp³-hybridized carbons (Fsp3) is 0.522. The zero-order chi connectivity index (χ0) is 26.0. The predicted octanol–water partition coefficient (Wildman–Crippen LogP) is -0.171. The molecule has 0 aliphatic carbocycles. The maximum atomic E-state index is 13.0. The number of nitrogens with one attached hydrogen (secondary N) is 2. The zero-order valence-electron chi connectivity index (χ0n) is 19.5. The van der Waals surface area contributed by atoms with Gasteiger partial charge in [0.05, 0.1) is 12.5 Å². The number of hydrogen-bond donors (Lipinski definition) is 5. The van der Waals surface area contributed by atoms with E-state index in [9.17, 15) is 29.1 Å². The summed E-state index contributed by atoms with van der Waals surface area (Å²) < 4.78 is 0. The summed E-state index contributed by atoms with van der Waals surface area (Å²) in [6, 6.07) is 4.53. The van der Waals surface area contributed by atoms with E-state index in [1.807, 2.05) is 6.26 Å². The first-order chi connectivity index (χ1) is 16.6. The predicted molar refractivity (Wildman–Crippen MR) is 130 cm³/mol. The molecule has 1 aromatic rings. The van der Waals surface area contributed by atoms with Crippen LogP contribution in [-0.4, -0.2) is 87.5 Å². The molecule has 11 nitrogen and oxygen atoms in total. The number of carboxylic acid groups (broad SMARTS) is 2. The minimum atomic E-state index is -1.27. The minimum absolute atomic E-state index is 0.0808. The van der Waals surface area contributed by atoms with E-state index in [0.29, 0.717) is 18.6 Å². The number of thioether (sulfide) groups is 1. The van der Waals surface area contributed by atoms with E-state index in [-0.39, 0.29) is 19.4 Å². The minimum Gasteiger partial charge on any atom is -0.481 e. The van der Waals surface area contributed by atoms with E-state index in [2.05, 4.69) is 10.6 Å². The normalized spacial score (nSPS) is 17.8. The first kappa shape index (κ1) is 28.1. The first-order valence-corrected chi connectivity index (χ1v) is 12.7. The number of carbonyl (C=O) groups excluding carboxylic acids is 3. The van der Waals surface area contributed by atoms with Gasteiger partial charge < -0.3 is 31.5 Å². The van der Waals surface area contributed by atoms with Gasteiger partial charge in [-0.2, -0.15) is 11.8 Å². The summed E-state index contributed by atoms with van der Waals surface area (Å²) in [6.07, 6.45) is 2.50. The number of rotatable bonds is 13. The van der Waals surface area contributed by atoms with Gasteiger partial charge in [0.15, 0.2) is 0 Å². The molecule has 0 spiro atoms. The summed E-state index contributed by atoms with van der Waals surface area (Å²) in [7, 11) is 0. The summed E-state index contributed by atoms with van der Waals surface area (Å²) in [4.78, 5) is 62.5. The van der Waals surface area contributed by atoms with Gasteiger partial charge in [-0.05, 0) is 36.8 Å². The molecular weight excluding hydrogens is 476 g/mol. The standard InChI is InChI=1S/C23H32N4O7S/c1-35-11-9-16(20(30)26-17(23(33)34)12-14-6-3-2-4-7-14)25-21(31)18-8-5-10-27(18)22(32)15(24)13-19(28)29/h2-4,6-7,15-18H,5,8-13,24H2,1H3,(H,25,31)(H,26,30)(H,28,29)(H,33,34). The third-order valence-corrected chi connectivity index (χ3v) is 6.34. The monoisotopic (exact) mass is 508 g/mol. The highest BCUT2D eigenvalue weighted by Crippen LogP contribution is 2.19. The second-order valence-electron chi connectivity index (χ2n) is 8.33. The van der Waals surface area contributed by atoms with Gasteiger partial charge >= 0.3 is 11.9 Å². The number of hydrogen-bond acceptors (Lipinski definition) is 7. The lowest BCUT2D eigenvalue weighted by Gasteiger charge is -2.28. The molecule has 6 N–H and O–H groups in total. The maximum Gasteiger partial charge on any atom is 0.326 e. The van der Waals surface area contributed by atoms with Crippen molar-refractivity contribution in [1.29, 1.82) is 0 Å². The van der Waals surface area contributed by atoms with Crippen LogP contribution in [0.3, 0.4) is 0 Å². The van der Waals surface area contributed by atoms with E-state index in [1.165, 1.54) is 16.7 Å². The molecule has 1 aromatic carbocycles. The lowest BCUT2D eigenvalue weighted by molar-refractivity contribution is -0.144. The third-order valence-electron chi connectivity index (χ3n) is 5.69. The number of carbonyl (C=O) groups is 5. The molecule has 0 saturated carbocycles. The number of aliphatic carboxylic acids is 2. The van der Waals surface area contributed by atoms with Crippen LogP contribution in [0.1, 0.15) is 31.2 Å². The van der Waals surface area contributed by atoms with Crippen molar-refractivity contribution in [2.24, 2.45) is 5.73 Å². The summed E-state index contributed by atoms with van der Waals surface area (Å²) in [5.74, 6) is -3.71. The largest absolute Gasteiger partial charge is 0.481 e. The van der Waals surface area contributed by atoms with Gasteiger partial charge in [-0.15, -0.1) is 0 Å². The van der Waals surface area contributed by atoms with Gasteiger partial charge in [-0.3, -0.25) is 19.2 Å². The Morgan fingerprint density at radius 1 is 1.11 bits per heavy atom. The van der Waals surface area contributed by atoms with Gasteiger partial charge in [0.1, 0.15) is 18.1 Å². The molecule has 1 fully saturated rings. The van der Waals surface area contributed by atoms with E-state index in [0.717, 1.165) is 5.56 Å². The van der Waals surface area contributed by atoms with Crippen LogP contribution in [0.2, 0.25) is 0 Å². The molecule has 4 atom stereocenters. The highest BCUT2D eigenvalue weighted by molar-refractivity contribution is 7.98. The molecule has 0 bridgehead atoms. The number of benzene rings is 1. The van der Waals surface area contributed by atoms with Gasteiger partial charge in [0.25, 0.3) is 0 Å². The van der Waals surface area contributed by atoms with Crippen molar-refractivity contribution < 1.29 is 34.2 Å². The van der Waals surface area contributed by atoms with Crippen molar-refractivity contribution in [1.82, 2.24) is 15.5 Å². The molecule has 0 aromatic heterocycles. The highest BCUT2D eigenvalue weighted by Gasteiger charge is 2.38. The first-order valence-electron chi connectivity index (χ1n) is 11.3. The van der Waals surface area contributed by atoms with Gasteiger partial charge in [-0.25, -0.2) is 4.79 Å². The van der Waals surface area contributed by atoms with Crippen LogP contribution in [-0.2, 0) is 30.4 Å². The Morgan fingerprint density at radius 3 is 2.40 bits per heavy atom. The molecule has 35 heavy (non-hydrogen) atoms. The van der Waals surface area contributed by atoms with E-state index < -0.39 is 60.2 Å². The number of amides is 3. The summed E-state index contributed by atoms with van der Waals surface area (Å²) in [6.45, 7) is 0.254. The molecule has 3 amide bonds. The van der Waals surface area contributed by atoms with Crippen molar-refractivity contribution >= 4 is 41.4 Å². The second kappa shape index (κ2) is 13.7. The fourth-order valence-electron chi connectivity index (χ4n) is 3.89. The second-order valence-corrected chi connectivity index (χ2v) is 9.31. The van der Waals surface area contributed by atoms with E-state index in [4.69, 9.17) is 10.8 Å². The van der Waals surface area contributed by atoms with Crippen LogP contribution in [0.4, 0.5) is 0 Å². The molecule has 2 rings (SSSR count). The van der Waals surface area contributed by atoms with Crippen LogP contribution in [0.15, 0.2) is 30.3 Å². The van der Waals surface area contributed by atoms with Crippen molar-refractivity contribution in [3.05, 3.63) is 35.9 Å². The van der Waals surface area contributed by atoms with Gasteiger partial charge in [0.2, 0.25) is 17.7 Å². The number of nitrogens with zero attached hydrogens (tertiary/aromatic N) is 1. The fourth-order valence-corrected chi connectivity index (χ4v) is 4.36. The molecule has 12 heteroatoms. The van der Waals surface area contributed by atoms with Crippen molar-refractivity contribution in [2.75, 3.05) is 18.6 Å². The van der Waals surface area contributed by atoms with Crippen molar-refractivity contribution in [3.63, 3.8) is 0 Å². The lowest BCUT2D eigenvalue weighted by atomic mass is 10.0. The molecule has 192 valence electrons. The number of carboxylic acids is 2. The molecule has 4 unspecified atom stereocenters. The SMILES string of the molecule is CSCCC(NC(=O)C1CCCN1C(=O)C(N)CC(=O)O)C(=O)NC(Cc1ccccc1)C(=O)O. The summed E-state index contributed by atoms with van der Waals surface area (Å²) in [5, 5.41) is 23.7. The lowest BCUT2D eigenvalue weighted by Crippen LogP contribution is -2.57. The van der Waals surface area contributed by atoms with Crippen LogP contribution < -0.4 is 16.4 Å². The van der Waals surface area contributed by atoms with Crippen LogP contribution >= 0.6 is 11.8 Å². The Morgan fingerprint density at radius 2 is 1.80 bits per heavy atom. The quantitative estimate of drug-likeness (QED) is 0.242. The average molecular weight is 509 g/mol. The topological polar surface area (TPSA) is 179 Å². The highest BCUT2D eigenvalue weighted by atomic mass is 32.2. The Bertz CT molecular complexity index is 914. The Hall–Kier alpha value is -3.12. The summed E-state index contributed by atoms with van der Waals surface area (Å²) >= 11 is 1.47. The number of nitrogens with two attached hydrogens (primary N) is 1. The Kier molecular flexibility index (Phi) is 11.0. The molecule has 1 aliphatic rings. The smallest absolute Gasteiger partial charge is 0.326 e. The van der Waals surface area contributed by atoms with Gasteiger partial charge in [0, 0.05) is 13.0 Å². The molecule has 1 aliphatic heterocycles. The van der Waals surface area contributed by atoms with E-state index in [1.54, 1.807) is 30.3 Å². The van der Waals surface area contributed by atoms with Crippen LogP contribution in [0.25, 0.3) is 0 Å².